The summed E-state index contributed by atoms with van der Waals surface area (Å²) in [5.74, 6) is 0.460. The third-order valence-corrected chi connectivity index (χ3v) is 3.78. The number of hydrogen-bond donors (Lipinski definition) is 1. The number of likely N-dealkylation sites (tertiary alicyclic amines) is 1. The van der Waals surface area contributed by atoms with E-state index < -0.39 is 6.09 Å². The molecular weight excluding hydrogens is 242 g/mol. The maximum absolute atomic E-state index is 10.9. The van der Waals surface area contributed by atoms with Crippen molar-refractivity contribution < 1.29 is 9.90 Å². The number of rotatable bonds is 1. The molecule has 0 saturated carbocycles. The van der Waals surface area contributed by atoms with Gasteiger partial charge in [0.1, 0.15) is 5.15 Å². The Morgan fingerprint density at radius 1 is 1.41 bits per heavy atom. The summed E-state index contributed by atoms with van der Waals surface area (Å²) in [6, 6.07) is 3.82. The van der Waals surface area contributed by atoms with Gasteiger partial charge in [-0.1, -0.05) is 11.6 Å². The Labute approximate surface area is 104 Å². The van der Waals surface area contributed by atoms with E-state index in [2.05, 4.69) is 9.88 Å². The van der Waals surface area contributed by atoms with Crippen LogP contribution < -0.4 is 4.90 Å². The number of halogens is 1. The van der Waals surface area contributed by atoms with Gasteiger partial charge in [0, 0.05) is 25.6 Å². The molecule has 0 radical (unpaired) electrons. The fourth-order valence-electron chi connectivity index (χ4n) is 2.62. The largest absolute Gasteiger partial charge is 0.465 e. The first-order valence-corrected chi connectivity index (χ1v) is 5.89. The molecular formula is C11H12ClN3O2. The van der Waals surface area contributed by atoms with Crippen LogP contribution in [-0.4, -0.2) is 46.8 Å². The molecule has 6 heteroatoms. The molecule has 2 atom stereocenters. The minimum absolute atomic E-state index is 0.142. The number of carbonyl (C=O) groups is 1. The second-order valence-electron chi connectivity index (χ2n) is 4.51. The van der Waals surface area contributed by atoms with Crippen molar-refractivity contribution in [1.82, 2.24) is 9.88 Å². The molecule has 1 aromatic rings. The molecule has 0 aliphatic carbocycles. The van der Waals surface area contributed by atoms with Crippen molar-refractivity contribution in [2.75, 3.05) is 24.5 Å². The standard InChI is InChI=1S/C11H12ClN3O2/c12-10-2-1-8(3-13-10)14-4-7-5-15(11(16)17)9(7)6-14/h1-3,7,9H,4-6H2,(H,16,17). The molecule has 2 aliphatic rings. The van der Waals surface area contributed by atoms with E-state index in [0.29, 0.717) is 17.6 Å². The summed E-state index contributed by atoms with van der Waals surface area (Å²) in [7, 11) is 0. The van der Waals surface area contributed by atoms with Gasteiger partial charge in [0.25, 0.3) is 0 Å². The minimum Gasteiger partial charge on any atom is -0.465 e. The number of aromatic nitrogens is 1. The first-order valence-electron chi connectivity index (χ1n) is 5.51. The van der Waals surface area contributed by atoms with E-state index >= 15 is 0 Å². The van der Waals surface area contributed by atoms with Crippen molar-refractivity contribution in [3.63, 3.8) is 0 Å². The quantitative estimate of drug-likeness (QED) is 0.772. The minimum atomic E-state index is -0.817. The summed E-state index contributed by atoms with van der Waals surface area (Å²) in [5.41, 5.74) is 1.01. The maximum Gasteiger partial charge on any atom is 0.407 e. The highest BCUT2D eigenvalue weighted by Crippen LogP contribution is 2.34. The molecule has 0 aromatic carbocycles. The Hall–Kier alpha value is -1.49. The van der Waals surface area contributed by atoms with Crippen LogP contribution in [-0.2, 0) is 0 Å². The lowest BCUT2D eigenvalue weighted by atomic mass is 9.93. The number of pyridine rings is 1. The molecule has 2 unspecified atom stereocenters. The van der Waals surface area contributed by atoms with Crippen molar-refractivity contribution in [2.45, 2.75) is 6.04 Å². The van der Waals surface area contributed by atoms with Crippen LogP contribution in [0.2, 0.25) is 5.15 Å². The van der Waals surface area contributed by atoms with Crippen molar-refractivity contribution in [3.8, 4) is 0 Å². The fraction of sp³-hybridized carbons (Fsp3) is 0.455. The van der Waals surface area contributed by atoms with Gasteiger partial charge in [-0.3, -0.25) is 0 Å². The third kappa shape index (κ3) is 1.70. The fourth-order valence-corrected chi connectivity index (χ4v) is 2.73. The predicted octanol–water partition coefficient (Wildman–Crippen LogP) is 1.53. The Morgan fingerprint density at radius 2 is 2.24 bits per heavy atom. The van der Waals surface area contributed by atoms with Gasteiger partial charge in [0.15, 0.2) is 0 Å². The molecule has 2 fully saturated rings. The molecule has 1 aromatic heterocycles. The van der Waals surface area contributed by atoms with Gasteiger partial charge in [0.2, 0.25) is 0 Å². The van der Waals surface area contributed by atoms with E-state index in [-0.39, 0.29) is 6.04 Å². The number of fused-ring (bicyclic) bond motifs is 1. The van der Waals surface area contributed by atoms with Crippen LogP contribution in [0.4, 0.5) is 10.5 Å². The molecule has 2 saturated heterocycles. The summed E-state index contributed by atoms with van der Waals surface area (Å²) < 4.78 is 0. The topological polar surface area (TPSA) is 56.7 Å². The van der Waals surface area contributed by atoms with Crippen molar-refractivity contribution in [3.05, 3.63) is 23.5 Å². The van der Waals surface area contributed by atoms with Crippen LogP contribution in [0, 0.1) is 5.92 Å². The van der Waals surface area contributed by atoms with Crippen LogP contribution in [0.5, 0.6) is 0 Å². The molecule has 1 amide bonds. The lowest BCUT2D eigenvalue weighted by Gasteiger charge is -2.40. The molecule has 90 valence electrons. The average molecular weight is 254 g/mol. The van der Waals surface area contributed by atoms with Crippen LogP contribution in [0.25, 0.3) is 0 Å². The first kappa shape index (κ1) is 10.7. The van der Waals surface area contributed by atoms with Crippen LogP contribution >= 0.6 is 11.6 Å². The lowest BCUT2D eigenvalue weighted by Crippen LogP contribution is -2.57. The van der Waals surface area contributed by atoms with Gasteiger partial charge >= 0.3 is 6.09 Å². The zero-order chi connectivity index (χ0) is 12.0. The van der Waals surface area contributed by atoms with E-state index in [0.717, 1.165) is 18.8 Å². The molecule has 3 rings (SSSR count). The number of amides is 1. The zero-order valence-electron chi connectivity index (χ0n) is 9.08. The highest BCUT2D eigenvalue weighted by molar-refractivity contribution is 6.29. The van der Waals surface area contributed by atoms with Crippen LogP contribution in [0.15, 0.2) is 18.3 Å². The maximum atomic E-state index is 10.9. The highest BCUT2D eigenvalue weighted by atomic mass is 35.5. The summed E-state index contributed by atoms with van der Waals surface area (Å²) in [4.78, 5) is 18.6. The van der Waals surface area contributed by atoms with Gasteiger partial charge in [-0.2, -0.15) is 0 Å². The number of anilines is 1. The van der Waals surface area contributed by atoms with Gasteiger partial charge in [-0.05, 0) is 12.1 Å². The van der Waals surface area contributed by atoms with Crippen molar-refractivity contribution in [2.24, 2.45) is 5.92 Å². The van der Waals surface area contributed by atoms with Crippen molar-refractivity contribution >= 4 is 23.4 Å². The Kier molecular flexibility index (Phi) is 2.36. The van der Waals surface area contributed by atoms with Gasteiger partial charge < -0.3 is 14.9 Å². The number of nitrogens with zero attached hydrogens (tertiary/aromatic N) is 3. The zero-order valence-corrected chi connectivity index (χ0v) is 9.84. The van der Waals surface area contributed by atoms with E-state index in [4.69, 9.17) is 16.7 Å². The van der Waals surface area contributed by atoms with E-state index in [9.17, 15) is 4.79 Å². The van der Waals surface area contributed by atoms with Gasteiger partial charge in [-0.25, -0.2) is 9.78 Å². The Morgan fingerprint density at radius 3 is 2.88 bits per heavy atom. The number of carboxylic acid groups (broad SMARTS) is 1. The van der Waals surface area contributed by atoms with Crippen molar-refractivity contribution in [1.29, 1.82) is 0 Å². The summed E-state index contributed by atoms with van der Waals surface area (Å²) in [6.45, 7) is 2.30. The van der Waals surface area contributed by atoms with Gasteiger partial charge in [-0.15, -0.1) is 0 Å². The second-order valence-corrected chi connectivity index (χ2v) is 4.89. The monoisotopic (exact) mass is 253 g/mol. The second kappa shape index (κ2) is 3.77. The average Bonchev–Trinajstić information content (AvgIpc) is 2.58. The molecule has 0 bridgehead atoms. The summed E-state index contributed by atoms with van der Waals surface area (Å²) in [5, 5.41) is 9.43. The Bertz CT molecular complexity index is 451. The normalized spacial score (nSPS) is 26.6. The summed E-state index contributed by atoms with van der Waals surface area (Å²) >= 11 is 5.74. The molecule has 1 N–H and O–H groups in total. The Balaban J connectivity index is 1.72. The predicted molar refractivity (Wildman–Crippen MR) is 63.5 cm³/mol. The van der Waals surface area contributed by atoms with E-state index in [1.807, 2.05) is 6.07 Å². The smallest absolute Gasteiger partial charge is 0.407 e. The third-order valence-electron chi connectivity index (χ3n) is 3.56. The van der Waals surface area contributed by atoms with E-state index in [1.54, 1.807) is 12.3 Å². The number of hydrogen-bond acceptors (Lipinski definition) is 3. The summed E-state index contributed by atoms with van der Waals surface area (Å²) in [6.07, 6.45) is 0.917. The first-order chi connectivity index (χ1) is 8.15. The molecule has 17 heavy (non-hydrogen) atoms. The SMILES string of the molecule is O=C(O)N1CC2CN(c3ccc(Cl)nc3)CC21. The molecule has 3 heterocycles. The lowest BCUT2D eigenvalue weighted by molar-refractivity contribution is 0.0507. The van der Waals surface area contributed by atoms with Crippen LogP contribution in [0.1, 0.15) is 0 Å². The highest BCUT2D eigenvalue weighted by Gasteiger charge is 2.47. The van der Waals surface area contributed by atoms with Gasteiger partial charge in [0.05, 0.1) is 17.9 Å². The molecule has 5 nitrogen and oxygen atoms in total. The van der Waals surface area contributed by atoms with E-state index in [1.165, 1.54) is 4.90 Å². The van der Waals surface area contributed by atoms with Crippen LogP contribution in [0.3, 0.4) is 0 Å². The molecule has 0 spiro atoms. The molecule has 2 aliphatic heterocycles.